The number of ether oxygens (including phenoxy) is 1. The van der Waals surface area contributed by atoms with E-state index < -0.39 is 10.0 Å². The van der Waals surface area contributed by atoms with E-state index in [1.54, 1.807) is 49.6 Å². The summed E-state index contributed by atoms with van der Waals surface area (Å²) in [4.78, 5) is 0.216. The molecule has 0 spiro atoms. The largest absolute Gasteiger partial charge is 0.496 e. The minimum Gasteiger partial charge on any atom is -0.496 e. The lowest BCUT2D eigenvalue weighted by Crippen LogP contribution is -2.14. The number of sulfonamides is 1. The Kier molecular flexibility index (Phi) is 6.34. The lowest BCUT2D eigenvalue weighted by Gasteiger charge is -2.19. The highest BCUT2D eigenvalue weighted by molar-refractivity contribution is 7.92. The van der Waals surface area contributed by atoms with Gasteiger partial charge in [-0.1, -0.05) is 48.5 Å². The van der Waals surface area contributed by atoms with E-state index in [0.29, 0.717) is 18.7 Å². The van der Waals surface area contributed by atoms with Crippen LogP contribution in [0.5, 0.6) is 5.75 Å². The number of rotatable bonds is 8. The molecular weight excluding hydrogens is 372 g/mol. The third-order valence-electron chi connectivity index (χ3n) is 4.48. The molecule has 0 aliphatic carbocycles. The van der Waals surface area contributed by atoms with Crippen LogP contribution in [0.25, 0.3) is 11.1 Å². The Bertz CT molecular complexity index is 1020. The van der Waals surface area contributed by atoms with E-state index >= 15 is 0 Å². The van der Waals surface area contributed by atoms with Gasteiger partial charge in [0.15, 0.2) is 0 Å². The molecule has 5 nitrogen and oxygen atoms in total. The molecular formula is C22H24N2O3S. The molecule has 0 aliphatic heterocycles. The average Bonchev–Trinajstić information content (AvgIpc) is 2.73. The van der Waals surface area contributed by atoms with Crippen LogP contribution in [0.2, 0.25) is 0 Å². The van der Waals surface area contributed by atoms with Crippen LogP contribution in [0.15, 0.2) is 77.7 Å². The highest BCUT2D eigenvalue weighted by Gasteiger charge is 2.20. The summed E-state index contributed by atoms with van der Waals surface area (Å²) in [6, 6.07) is 21.6. The van der Waals surface area contributed by atoms with E-state index in [0.717, 1.165) is 28.9 Å². The van der Waals surface area contributed by atoms with Crippen LogP contribution >= 0.6 is 0 Å². The quantitative estimate of drug-likeness (QED) is 0.602. The van der Waals surface area contributed by atoms with Gasteiger partial charge in [-0.25, -0.2) is 8.42 Å². The third-order valence-corrected chi connectivity index (χ3v) is 5.86. The molecule has 3 rings (SSSR count). The van der Waals surface area contributed by atoms with E-state index in [1.807, 2.05) is 30.3 Å². The topological polar surface area (TPSA) is 81.4 Å². The van der Waals surface area contributed by atoms with Crippen molar-refractivity contribution in [1.29, 1.82) is 0 Å². The maximum absolute atomic E-state index is 12.9. The predicted molar refractivity (Wildman–Crippen MR) is 113 cm³/mol. The molecule has 3 aromatic rings. The van der Waals surface area contributed by atoms with Gasteiger partial charge in [0.05, 0.1) is 17.7 Å². The lowest BCUT2D eigenvalue weighted by atomic mass is 9.94. The molecule has 0 fully saturated rings. The van der Waals surface area contributed by atoms with Gasteiger partial charge in [-0.2, -0.15) is 0 Å². The summed E-state index contributed by atoms with van der Waals surface area (Å²) in [5, 5.41) is 0. The molecule has 0 saturated carbocycles. The van der Waals surface area contributed by atoms with E-state index in [4.69, 9.17) is 10.5 Å². The monoisotopic (exact) mass is 396 g/mol. The molecule has 3 N–H and O–H groups in total. The molecule has 0 aromatic heterocycles. The van der Waals surface area contributed by atoms with Gasteiger partial charge in [0, 0.05) is 11.1 Å². The Morgan fingerprint density at radius 1 is 0.929 bits per heavy atom. The Labute approximate surface area is 166 Å². The first-order valence-electron chi connectivity index (χ1n) is 9.10. The summed E-state index contributed by atoms with van der Waals surface area (Å²) < 4.78 is 34.1. The van der Waals surface area contributed by atoms with Crippen molar-refractivity contribution in [3.8, 4) is 16.9 Å². The summed E-state index contributed by atoms with van der Waals surface area (Å²) in [5.41, 5.74) is 8.90. The number of hydrogen-bond donors (Lipinski definition) is 2. The minimum absolute atomic E-state index is 0.216. The first-order valence-corrected chi connectivity index (χ1v) is 10.6. The van der Waals surface area contributed by atoms with Crippen molar-refractivity contribution in [2.24, 2.45) is 5.73 Å². The second kappa shape index (κ2) is 8.91. The van der Waals surface area contributed by atoms with Crippen molar-refractivity contribution in [3.63, 3.8) is 0 Å². The van der Waals surface area contributed by atoms with E-state index in [9.17, 15) is 8.42 Å². The molecule has 146 valence electrons. The summed E-state index contributed by atoms with van der Waals surface area (Å²) in [5.74, 6) is 0.718. The normalized spacial score (nSPS) is 11.2. The predicted octanol–water partition coefficient (Wildman–Crippen LogP) is 4.05. The van der Waals surface area contributed by atoms with Crippen LogP contribution in [0.1, 0.15) is 12.0 Å². The minimum atomic E-state index is -3.72. The summed E-state index contributed by atoms with van der Waals surface area (Å²) >= 11 is 0. The summed E-state index contributed by atoms with van der Waals surface area (Å²) in [6.45, 7) is 0.539. The maximum atomic E-state index is 12.9. The molecule has 0 radical (unpaired) electrons. The Morgan fingerprint density at radius 2 is 1.57 bits per heavy atom. The maximum Gasteiger partial charge on any atom is 0.261 e. The molecule has 0 heterocycles. The van der Waals surface area contributed by atoms with Crippen molar-refractivity contribution in [2.45, 2.75) is 17.7 Å². The second-order valence-electron chi connectivity index (χ2n) is 6.35. The van der Waals surface area contributed by atoms with Crippen LogP contribution < -0.4 is 15.2 Å². The smallest absolute Gasteiger partial charge is 0.261 e. The molecule has 0 bridgehead atoms. The SMILES string of the molecule is COc1ccc(NS(=O)(=O)c2ccccc2)c(-c2ccccc2)c1CCCN. The van der Waals surface area contributed by atoms with Crippen LogP contribution in [0.4, 0.5) is 5.69 Å². The van der Waals surface area contributed by atoms with E-state index in [-0.39, 0.29) is 4.90 Å². The fourth-order valence-corrected chi connectivity index (χ4v) is 4.26. The first-order chi connectivity index (χ1) is 13.6. The number of nitrogens with one attached hydrogen (secondary N) is 1. The van der Waals surface area contributed by atoms with Gasteiger partial charge in [-0.3, -0.25) is 4.72 Å². The molecule has 0 aliphatic rings. The molecule has 3 aromatic carbocycles. The van der Waals surface area contributed by atoms with Gasteiger partial charge in [0.1, 0.15) is 5.75 Å². The molecule has 28 heavy (non-hydrogen) atoms. The highest BCUT2D eigenvalue weighted by atomic mass is 32.2. The average molecular weight is 397 g/mol. The number of nitrogens with two attached hydrogens (primary N) is 1. The number of methoxy groups -OCH3 is 1. The standard InChI is InChI=1S/C22H24N2O3S/c1-27-21-15-14-20(24-28(25,26)18-11-6-3-7-12-18)22(19(21)13-8-16-23)17-9-4-2-5-10-17/h2-7,9-12,14-15,24H,8,13,16,23H2,1H3. The zero-order valence-corrected chi connectivity index (χ0v) is 16.6. The molecule has 6 heteroatoms. The van der Waals surface area contributed by atoms with Crippen molar-refractivity contribution in [2.75, 3.05) is 18.4 Å². The Balaban J connectivity index is 2.15. The molecule has 0 saturated heterocycles. The van der Waals surface area contributed by atoms with Gasteiger partial charge in [-0.05, 0) is 49.2 Å². The van der Waals surface area contributed by atoms with Crippen LogP contribution in [-0.2, 0) is 16.4 Å². The fraction of sp³-hybridized carbons (Fsp3) is 0.182. The molecule has 0 unspecified atom stereocenters. The van der Waals surface area contributed by atoms with Crippen LogP contribution in [0.3, 0.4) is 0 Å². The molecule has 0 atom stereocenters. The first kappa shape index (κ1) is 19.9. The number of benzene rings is 3. The highest BCUT2D eigenvalue weighted by Crippen LogP contribution is 2.38. The lowest BCUT2D eigenvalue weighted by molar-refractivity contribution is 0.409. The van der Waals surface area contributed by atoms with Gasteiger partial charge in [-0.15, -0.1) is 0 Å². The van der Waals surface area contributed by atoms with E-state index in [2.05, 4.69) is 4.72 Å². The van der Waals surface area contributed by atoms with Crippen LogP contribution in [-0.4, -0.2) is 22.1 Å². The Morgan fingerprint density at radius 3 is 2.18 bits per heavy atom. The fourth-order valence-electron chi connectivity index (χ4n) is 3.17. The summed E-state index contributed by atoms with van der Waals surface area (Å²) in [6.07, 6.45) is 1.45. The zero-order chi connectivity index (χ0) is 20.0. The van der Waals surface area contributed by atoms with Gasteiger partial charge < -0.3 is 10.5 Å². The zero-order valence-electron chi connectivity index (χ0n) is 15.8. The third kappa shape index (κ3) is 4.35. The Hall–Kier alpha value is -2.83. The van der Waals surface area contributed by atoms with E-state index in [1.165, 1.54) is 0 Å². The van der Waals surface area contributed by atoms with Crippen molar-refractivity contribution >= 4 is 15.7 Å². The summed E-state index contributed by atoms with van der Waals surface area (Å²) in [7, 11) is -2.10. The second-order valence-corrected chi connectivity index (χ2v) is 8.03. The van der Waals surface area contributed by atoms with Crippen LogP contribution in [0, 0.1) is 0 Å². The number of hydrogen-bond acceptors (Lipinski definition) is 4. The van der Waals surface area contributed by atoms with Crippen molar-refractivity contribution in [1.82, 2.24) is 0 Å². The number of anilines is 1. The molecule has 0 amide bonds. The van der Waals surface area contributed by atoms with Crippen molar-refractivity contribution in [3.05, 3.63) is 78.4 Å². The van der Waals surface area contributed by atoms with Gasteiger partial charge in [0.25, 0.3) is 10.0 Å². The van der Waals surface area contributed by atoms with Gasteiger partial charge >= 0.3 is 0 Å². The van der Waals surface area contributed by atoms with Gasteiger partial charge in [0.2, 0.25) is 0 Å². The van der Waals surface area contributed by atoms with Crippen molar-refractivity contribution < 1.29 is 13.2 Å².